The third-order valence-corrected chi connectivity index (χ3v) is 3.56. The third kappa shape index (κ3) is 5.73. The fourth-order valence-electron chi connectivity index (χ4n) is 2.56. The summed E-state index contributed by atoms with van der Waals surface area (Å²) in [5.41, 5.74) is 0. The number of aliphatic hydroxyl groups is 1. The number of carbonyl (C=O) groups excluding carboxylic acids is 5. The molecule has 1 saturated heterocycles. The zero-order valence-corrected chi connectivity index (χ0v) is 15.5. The Kier molecular flexibility index (Phi) is 7.43. The minimum atomic E-state index is -2.73. The van der Waals surface area contributed by atoms with E-state index in [4.69, 9.17) is 23.7 Å². The summed E-state index contributed by atoms with van der Waals surface area (Å²) in [7, 11) is 0. The van der Waals surface area contributed by atoms with Gasteiger partial charge in [0.1, 0.15) is 12.7 Å². The first-order valence-electron chi connectivity index (χ1n) is 7.94. The number of ketones is 1. The second-order valence-electron chi connectivity index (χ2n) is 5.89. The molecule has 0 aromatic rings. The number of Topliss-reactive ketones (excluding diaryl/α,β-unsaturated/α-hetero) is 1. The van der Waals surface area contributed by atoms with E-state index in [1.165, 1.54) is 0 Å². The summed E-state index contributed by atoms with van der Waals surface area (Å²) in [6, 6.07) is 0. The smallest absolute Gasteiger partial charge is 0.303 e. The van der Waals surface area contributed by atoms with Crippen LogP contribution in [-0.4, -0.2) is 71.6 Å². The van der Waals surface area contributed by atoms with Gasteiger partial charge in [-0.05, 0) is 0 Å². The van der Waals surface area contributed by atoms with Crippen LogP contribution >= 0.6 is 0 Å². The van der Waals surface area contributed by atoms with E-state index in [-0.39, 0.29) is 0 Å². The van der Waals surface area contributed by atoms with E-state index < -0.39 is 66.5 Å². The topological polar surface area (TPSA) is 152 Å². The molecule has 0 amide bonds. The van der Waals surface area contributed by atoms with E-state index in [1.54, 1.807) is 0 Å². The molecule has 1 fully saturated rings. The highest BCUT2D eigenvalue weighted by atomic mass is 16.7. The maximum Gasteiger partial charge on any atom is 0.303 e. The van der Waals surface area contributed by atoms with Crippen LogP contribution in [0.1, 0.15) is 34.6 Å². The Bertz CT molecular complexity index is 628. The molecule has 1 N–H and O–H groups in total. The van der Waals surface area contributed by atoms with Gasteiger partial charge in [0.2, 0.25) is 6.10 Å². The van der Waals surface area contributed by atoms with Crippen LogP contribution in [0.3, 0.4) is 0 Å². The lowest BCUT2D eigenvalue weighted by Crippen LogP contribution is -2.70. The van der Waals surface area contributed by atoms with Crippen molar-refractivity contribution in [3.05, 3.63) is 0 Å². The van der Waals surface area contributed by atoms with Gasteiger partial charge in [0.15, 0.2) is 18.0 Å². The molecule has 1 heterocycles. The van der Waals surface area contributed by atoms with Crippen molar-refractivity contribution in [2.45, 2.75) is 64.8 Å². The van der Waals surface area contributed by atoms with Crippen molar-refractivity contribution in [2.24, 2.45) is 0 Å². The number of hydrogen-bond acceptors (Lipinski definition) is 11. The monoisotopic (exact) mass is 390 g/mol. The Hall–Kier alpha value is -2.53. The third-order valence-electron chi connectivity index (χ3n) is 3.56. The quantitative estimate of drug-likeness (QED) is 0.440. The van der Waals surface area contributed by atoms with Crippen molar-refractivity contribution in [2.75, 3.05) is 6.61 Å². The fourth-order valence-corrected chi connectivity index (χ4v) is 2.56. The van der Waals surface area contributed by atoms with E-state index in [0.29, 0.717) is 0 Å². The molecule has 0 aromatic carbocycles. The summed E-state index contributed by atoms with van der Waals surface area (Å²) >= 11 is 0. The van der Waals surface area contributed by atoms with Gasteiger partial charge in [0, 0.05) is 34.6 Å². The van der Waals surface area contributed by atoms with Crippen LogP contribution < -0.4 is 0 Å². The van der Waals surface area contributed by atoms with Gasteiger partial charge in [-0.1, -0.05) is 0 Å². The average molecular weight is 390 g/mol. The van der Waals surface area contributed by atoms with E-state index in [9.17, 15) is 29.1 Å². The van der Waals surface area contributed by atoms with Crippen LogP contribution in [0.4, 0.5) is 0 Å². The molecule has 5 atom stereocenters. The Balaban J connectivity index is 3.43. The molecule has 0 spiro atoms. The van der Waals surface area contributed by atoms with Crippen molar-refractivity contribution in [1.82, 2.24) is 0 Å². The molecule has 152 valence electrons. The van der Waals surface area contributed by atoms with Crippen molar-refractivity contribution >= 4 is 29.7 Å². The maximum absolute atomic E-state index is 12.0. The molecule has 0 aliphatic carbocycles. The second-order valence-corrected chi connectivity index (χ2v) is 5.89. The van der Waals surface area contributed by atoms with Crippen LogP contribution in [-0.2, 0) is 47.7 Å². The van der Waals surface area contributed by atoms with Crippen molar-refractivity contribution in [3.8, 4) is 0 Å². The first kappa shape index (κ1) is 22.5. The molecule has 11 heteroatoms. The lowest BCUT2D eigenvalue weighted by atomic mass is 9.89. The lowest BCUT2D eigenvalue weighted by molar-refractivity contribution is -0.334. The molecule has 0 saturated carbocycles. The van der Waals surface area contributed by atoms with Crippen molar-refractivity contribution in [3.63, 3.8) is 0 Å². The standard InChI is InChI=1S/C16H22O11/c1-7(17)16(22)15(26-11(5)21)14(25-10(4)20)13(24-9(3)19)12(27-16)6-23-8(2)18/h12-15,22H,6H2,1-5H3/t12-,13-,14+,15-,16+/m1/s1. The van der Waals surface area contributed by atoms with Crippen LogP contribution in [0.15, 0.2) is 0 Å². The van der Waals surface area contributed by atoms with Crippen LogP contribution in [0.2, 0.25) is 0 Å². The van der Waals surface area contributed by atoms with Gasteiger partial charge >= 0.3 is 23.9 Å². The summed E-state index contributed by atoms with van der Waals surface area (Å²) in [6.07, 6.45) is -6.24. The first-order chi connectivity index (χ1) is 12.4. The zero-order valence-electron chi connectivity index (χ0n) is 15.5. The average Bonchev–Trinajstić information content (AvgIpc) is 2.50. The molecular weight excluding hydrogens is 368 g/mol. The summed E-state index contributed by atoms with van der Waals surface area (Å²) in [6.45, 7) is 4.60. The van der Waals surface area contributed by atoms with E-state index >= 15 is 0 Å². The lowest BCUT2D eigenvalue weighted by Gasteiger charge is -2.47. The second kappa shape index (κ2) is 8.91. The molecule has 0 unspecified atom stereocenters. The minimum absolute atomic E-state index is 0.534. The maximum atomic E-state index is 12.0. The number of ether oxygens (including phenoxy) is 5. The molecule has 0 bridgehead atoms. The van der Waals surface area contributed by atoms with Crippen LogP contribution in [0, 0.1) is 0 Å². The number of esters is 4. The normalized spacial score (nSPS) is 30.0. The van der Waals surface area contributed by atoms with E-state index in [2.05, 4.69) is 0 Å². The summed E-state index contributed by atoms with van der Waals surface area (Å²) in [5, 5.41) is 10.7. The van der Waals surface area contributed by atoms with Crippen LogP contribution in [0.25, 0.3) is 0 Å². The number of rotatable bonds is 6. The zero-order chi connectivity index (χ0) is 20.9. The van der Waals surface area contributed by atoms with E-state index in [0.717, 1.165) is 34.6 Å². The highest BCUT2D eigenvalue weighted by Gasteiger charge is 2.61. The van der Waals surface area contributed by atoms with Gasteiger partial charge in [-0.25, -0.2) is 0 Å². The van der Waals surface area contributed by atoms with E-state index in [1.807, 2.05) is 0 Å². The SMILES string of the molecule is CC(=O)OC[C@H]1O[C@@](O)(C(C)=O)[C@H](OC(C)=O)[C@@H](OC(C)=O)[C@@H]1OC(C)=O. The largest absolute Gasteiger partial charge is 0.463 e. The van der Waals surface area contributed by atoms with Gasteiger partial charge in [0.05, 0.1) is 0 Å². The van der Waals surface area contributed by atoms with Gasteiger partial charge in [-0.2, -0.15) is 0 Å². The first-order valence-corrected chi connectivity index (χ1v) is 7.94. The molecule has 1 aliphatic rings. The van der Waals surface area contributed by atoms with Crippen LogP contribution in [0.5, 0.6) is 0 Å². The molecule has 1 rings (SSSR count). The van der Waals surface area contributed by atoms with Gasteiger partial charge in [0.25, 0.3) is 5.79 Å². The Morgan fingerprint density at radius 1 is 0.815 bits per heavy atom. The Morgan fingerprint density at radius 2 is 1.30 bits per heavy atom. The summed E-state index contributed by atoms with van der Waals surface area (Å²) < 4.78 is 25.2. The minimum Gasteiger partial charge on any atom is -0.463 e. The molecule has 27 heavy (non-hydrogen) atoms. The molecule has 0 aromatic heterocycles. The molecule has 0 radical (unpaired) electrons. The van der Waals surface area contributed by atoms with Gasteiger partial charge < -0.3 is 28.8 Å². The fraction of sp³-hybridized carbons (Fsp3) is 0.688. The van der Waals surface area contributed by atoms with Gasteiger partial charge in [-0.15, -0.1) is 0 Å². The summed E-state index contributed by atoms with van der Waals surface area (Å²) in [5.74, 6) is -7.01. The molecule has 11 nitrogen and oxygen atoms in total. The Morgan fingerprint density at radius 3 is 1.70 bits per heavy atom. The van der Waals surface area contributed by atoms with Crippen molar-refractivity contribution in [1.29, 1.82) is 0 Å². The predicted octanol–water partition coefficient (Wildman–Crippen LogP) is -0.979. The highest BCUT2D eigenvalue weighted by molar-refractivity contribution is 5.85. The molecular formula is C16H22O11. The van der Waals surface area contributed by atoms with Crippen molar-refractivity contribution < 1.29 is 52.8 Å². The highest BCUT2D eigenvalue weighted by Crippen LogP contribution is 2.35. The number of carbonyl (C=O) groups is 5. The summed E-state index contributed by atoms with van der Waals surface area (Å²) in [4.78, 5) is 57.6. The van der Waals surface area contributed by atoms with Gasteiger partial charge in [-0.3, -0.25) is 24.0 Å². The Labute approximate surface area is 154 Å². The predicted molar refractivity (Wildman–Crippen MR) is 83.8 cm³/mol. The number of hydrogen-bond donors (Lipinski definition) is 1. The molecule has 1 aliphatic heterocycles.